The van der Waals surface area contributed by atoms with E-state index in [1.54, 1.807) is 13.8 Å². The Labute approximate surface area is 128 Å². The molecule has 0 radical (unpaired) electrons. The zero-order valence-electron chi connectivity index (χ0n) is 12.0. The Morgan fingerprint density at radius 3 is 2.48 bits per heavy atom. The van der Waals surface area contributed by atoms with Crippen LogP contribution in [0.3, 0.4) is 0 Å². The topological polar surface area (TPSA) is 68.2 Å². The summed E-state index contributed by atoms with van der Waals surface area (Å²) in [5.41, 5.74) is -0.497. The molecule has 0 bridgehead atoms. The summed E-state index contributed by atoms with van der Waals surface area (Å²) in [5, 5.41) is 20.0. The van der Waals surface area contributed by atoms with Gasteiger partial charge in [-0.05, 0) is 26.0 Å². The molecule has 0 spiro atoms. The van der Waals surface area contributed by atoms with Crippen molar-refractivity contribution < 1.29 is 24.4 Å². The molecule has 0 aliphatic carbocycles. The Kier molecular flexibility index (Phi) is 4.27. The number of hydrogen-bond acceptors (Lipinski definition) is 6. The van der Waals surface area contributed by atoms with Crippen LogP contribution in [0.15, 0.2) is 35.2 Å². The summed E-state index contributed by atoms with van der Waals surface area (Å²) in [6.45, 7) is 3.43. The lowest BCUT2D eigenvalue weighted by atomic mass is 10.0. The fraction of sp³-hybridized carbons (Fsp3) is 0.600. The first-order valence-electron chi connectivity index (χ1n) is 7.02. The molecule has 0 saturated carbocycles. The highest BCUT2D eigenvalue weighted by Crippen LogP contribution is 2.41. The average molecular weight is 312 g/mol. The summed E-state index contributed by atoms with van der Waals surface area (Å²) in [5.74, 6) is -0.778. The molecule has 2 aliphatic heterocycles. The van der Waals surface area contributed by atoms with Crippen molar-refractivity contribution in [2.75, 3.05) is 6.61 Å². The standard InChI is InChI=1S/C15H20O5S/c1-15(2)19-12-10(8-16)18-14(11(17)13(12)20-15)21-9-6-4-3-5-7-9/h3-7,10-14,16-17H,8H2,1-2H3. The molecule has 6 heteroatoms. The van der Waals surface area contributed by atoms with Gasteiger partial charge in [0.2, 0.25) is 0 Å². The lowest BCUT2D eigenvalue weighted by Gasteiger charge is -2.39. The third-order valence-corrected chi connectivity index (χ3v) is 4.80. The highest BCUT2D eigenvalue weighted by molar-refractivity contribution is 7.99. The summed E-state index contributed by atoms with van der Waals surface area (Å²) < 4.78 is 17.4. The van der Waals surface area contributed by atoms with Crippen LogP contribution in [0, 0.1) is 0 Å². The van der Waals surface area contributed by atoms with Crippen molar-refractivity contribution in [2.45, 2.75) is 54.4 Å². The fourth-order valence-electron chi connectivity index (χ4n) is 2.73. The number of hydrogen-bond donors (Lipinski definition) is 2. The molecule has 2 saturated heterocycles. The lowest BCUT2D eigenvalue weighted by molar-refractivity contribution is -0.168. The Hall–Kier alpha value is -0.630. The van der Waals surface area contributed by atoms with Crippen LogP contribution >= 0.6 is 11.8 Å². The highest BCUT2D eigenvalue weighted by atomic mass is 32.2. The van der Waals surface area contributed by atoms with E-state index in [4.69, 9.17) is 14.2 Å². The minimum Gasteiger partial charge on any atom is -0.394 e. The minimum atomic E-state index is -0.815. The first kappa shape index (κ1) is 15.3. The summed E-state index contributed by atoms with van der Waals surface area (Å²) >= 11 is 1.42. The van der Waals surface area contributed by atoms with Gasteiger partial charge in [-0.2, -0.15) is 0 Å². The first-order chi connectivity index (χ1) is 10.00. The molecule has 2 heterocycles. The van der Waals surface area contributed by atoms with Gasteiger partial charge in [-0.3, -0.25) is 0 Å². The smallest absolute Gasteiger partial charge is 0.164 e. The zero-order valence-corrected chi connectivity index (χ0v) is 12.8. The van der Waals surface area contributed by atoms with Gasteiger partial charge in [0, 0.05) is 4.90 Å². The second kappa shape index (κ2) is 5.87. The summed E-state index contributed by atoms with van der Waals surface area (Å²) in [6, 6.07) is 9.71. The van der Waals surface area contributed by atoms with Crippen LogP contribution < -0.4 is 0 Å². The Bertz CT molecular complexity index is 480. The van der Waals surface area contributed by atoms with Crippen LogP contribution in [-0.2, 0) is 14.2 Å². The SMILES string of the molecule is CC1(C)OC2C(CO)OC(Sc3ccccc3)C(O)C2O1. The number of rotatable bonds is 3. The molecule has 5 nitrogen and oxygen atoms in total. The van der Waals surface area contributed by atoms with E-state index in [0.29, 0.717) is 0 Å². The third-order valence-electron chi connectivity index (χ3n) is 3.63. The van der Waals surface area contributed by atoms with Gasteiger partial charge in [-0.1, -0.05) is 30.0 Å². The molecule has 2 aliphatic rings. The number of thioether (sulfide) groups is 1. The molecular formula is C15H20O5S. The maximum Gasteiger partial charge on any atom is 0.164 e. The molecule has 1 aromatic carbocycles. The predicted molar refractivity (Wildman–Crippen MR) is 77.9 cm³/mol. The maximum absolute atomic E-state index is 10.5. The third kappa shape index (κ3) is 3.11. The lowest BCUT2D eigenvalue weighted by Crippen LogP contribution is -2.56. The van der Waals surface area contributed by atoms with Gasteiger partial charge in [0.1, 0.15) is 29.9 Å². The molecule has 0 amide bonds. The van der Waals surface area contributed by atoms with E-state index < -0.39 is 35.6 Å². The molecule has 116 valence electrons. The zero-order chi connectivity index (χ0) is 15.0. The van der Waals surface area contributed by atoms with Crippen molar-refractivity contribution in [1.82, 2.24) is 0 Å². The van der Waals surface area contributed by atoms with E-state index in [-0.39, 0.29) is 6.61 Å². The quantitative estimate of drug-likeness (QED) is 0.879. The van der Waals surface area contributed by atoms with Gasteiger partial charge < -0.3 is 24.4 Å². The molecule has 1 aromatic rings. The van der Waals surface area contributed by atoms with Gasteiger partial charge >= 0.3 is 0 Å². The monoisotopic (exact) mass is 312 g/mol. The molecule has 21 heavy (non-hydrogen) atoms. The van der Waals surface area contributed by atoms with Gasteiger partial charge in [-0.15, -0.1) is 0 Å². The van der Waals surface area contributed by atoms with Crippen molar-refractivity contribution >= 4 is 11.8 Å². The van der Waals surface area contributed by atoms with Gasteiger partial charge in [-0.25, -0.2) is 0 Å². The van der Waals surface area contributed by atoms with Crippen LogP contribution in [0.2, 0.25) is 0 Å². The molecule has 5 atom stereocenters. The van der Waals surface area contributed by atoms with Crippen LogP contribution in [0.5, 0.6) is 0 Å². The molecule has 2 fully saturated rings. The van der Waals surface area contributed by atoms with Crippen molar-refractivity contribution in [3.8, 4) is 0 Å². The van der Waals surface area contributed by atoms with E-state index in [2.05, 4.69) is 0 Å². The highest BCUT2D eigenvalue weighted by Gasteiger charge is 2.54. The van der Waals surface area contributed by atoms with Gasteiger partial charge in [0.25, 0.3) is 0 Å². The number of ether oxygens (including phenoxy) is 3. The van der Waals surface area contributed by atoms with E-state index in [1.165, 1.54) is 11.8 Å². The largest absolute Gasteiger partial charge is 0.394 e. The van der Waals surface area contributed by atoms with E-state index >= 15 is 0 Å². The number of aliphatic hydroxyl groups excluding tert-OH is 2. The summed E-state index contributed by atoms with van der Waals surface area (Å²) in [4.78, 5) is 0.995. The maximum atomic E-state index is 10.5. The van der Waals surface area contributed by atoms with Crippen molar-refractivity contribution in [1.29, 1.82) is 0 Å². The van der Waals surface area contributed by atoms with Crippen molar-refractivity contribution in [3.05, 3.63) is 30.3 Å². The van der Waals surface area contributed by atoms with E-state index in [0.717, 1.165) is 4.90 Å². The van der Waals surface area contributed by atoms with Gasteiger partial charge in [0.05, 0.1) is 6.61 Å². The number of fused-ring (bicyclic) bond motifs is 1. The van der Waals surface area contributed by atoms with Crippen molar-refractivity contribution in [3.63, 3.8) is 0 Å². The van der Waals surface area contributed by atoms with E-state index in [1.807, 2.05) is 30.3 Å². The van der Waals surface area contributed by atoms with Crippen LogP contribution in [-0.4, -0.2) is 52.5 Å². The Balaban J connectivity index is 1.78. The first-order valence-corrected chi connectivity index (χ1v) is 7.90. The van der Waals surface area contributed by atoms with E-state index in [9.17, 15) is 10.2 Å². The molecule has 5 unspecified atom stereocenters. The Morgan fingerprint density at radius 1 is 1.14 bits per heavy atom. The normalized spacial score (nSPS) is 38.2. The van der Waals surface area contributed by atoms with Crippen LogP contribution in [0.25, 0.3) is 0 Å². The second-order valence-corrected chi connectivity index (χ2v) is 6.88. The van der Waals surface area contributed by atoms with Crippen molar-refractivity contribution in [2.24, 2.45) is 0 Å². The molecule has 0 aromatic heterocycles. The number of benzene rings is 1. The molecular weight excluding hydrogens is 292 g/mol. The fourth-order valence-corrected chi connectivity index (χ4v) is 3.81. The Morgan fingerprint density at radius 2 is 1.81 bits per heavy atom. The molecule has 3 rings (SSSR count). The van der Waals surface area contributed by atoms with Crippen LogP contribution in [0.4, 0.5) is 0 Å². The predicted octanol–water partition coefficient (Wildman–Crippen LogP) is 1.38. The molecule has 2 N–H and O–H groups in total. The van der Waals surface area contributed by atoms with Crippen LogP contribution in [0.1, 0.15) is 13.8 Å². The summed E-state index contributed by atoms with van der Waals surface area (Å²) in [7, 11) is 0. The number of aliphatic hydroxyl groups is 2. The van der Waals surface area contributed by atoms with Gasteiger partial charge in [0.15, 0.2) is 5.79 Å². The minimum absolute atomic E-state index is 0.167. The summed E-state index contributed by atoms with van der Waals surface area (Å²) in [6.07, 6.45) is -2.26. The average Bonchev–Trinajstić information content (AvgIpc) is 2.79. The second-order valence-electron chi connectivity index (χ2n) is 5.71.